The summed E-state index contributed by atoms with van der Waals surface area (Å²) < 4.78 is 0. The Hall–Kier alpha value is -2.67. The number of likely N-dealkylation sites (tertiary alicyclic amines) is 1. The Morgan fingerprint density at radius 3 is 2.92 bits per heavy atom. The van der Waals surface area contributed by atoms with E-state index in [-0.39, 0.29) is 29.5 Å². The molecule has 4 N–H and O–H groups in total. The van der Waals surface area contributed by atoms with Crippen LogP contribution in [-0.2, 0) is 4.79 Å². The van der Waals surface area contributed by atoms with Crippen LogP contribution in [0.4, 0.5) is 0 Å². The summed E-state index contributed by atoms with van der Waals surface area (Å²) >= 11 is 0. The first-order chi connectivity index (χ1) is 11.6. The molecule has 1 saturated heterocycles. The minimum Gasteiger partial charge on any atom is -0.360 e. The molecule has 0 saturated carbocycles. The summed E-state index contributed by atoms with van der Waals surface area (Å²) in [6, 6.07) is 6.96. The number of nitrogens with two attached hydrogens (primary N) is 1. The van der Waals surface area contributed by atoms with Crippen LogP contribution in [0.5, 0.6) is 0 Å². The van der Waals surface area contributed by atoms with E-state index in [9.17, 15) is 14.4 Å². The van der Waals surface area contributed by atoms with E-state index >= 15 is 0 Å². The van der Waals surface area contributed by atoms with Crippen molar-refractivity contribution in [1.82, 2.24) is 15.2 Å². The minimum atomic E-state index is -0.559. The average molecular weight is 328 g/mol. The molecule has 0 radical (unpaired) electrons. The van der Waals surface area contributed by atoms with E-state index in [4.69, 9.17) is 5.73 Å². The van der Waals surface area contributed by atoms with Gasteiger partial charge in [0.2, 0.25) is 11.3 Å². The van der Waals surface area contributed by atoms with E-state index < -0.39 is 5.91 Å². The van der Waals surface area contributed by atoms with Crippen LogP contribution in [0.1, 0.15) is 23.2 Å². The maximum Gasteiger partial charge on any atom is 0.257 e. The van der Waals surface area contributed by atoms with Gasteiger partial charge in [0.15, 0.2) is 0 Å². The molecule has 1 unspecified atom stereocenters. The van der Waals surface area contributed by atoms with Gasteiger partial charge in [-0.05, 0) is 25.0 Å². The Bertz CT molecular complexity index is 830. The number of piperidine rings is 1. The van der Waals surface area contributed by atoms with Crippen LogP contribution in [0.25, 0.3) is 10.9 Å². The molecular weight excluding hydrogens is 308 g/mol. The Morgan fingerprint density at radius 1 is 1.33 bits per heavy atom. The first-order valence-corrected chi connectivity index (χ1v) is 7.98. The summed E-state index contributed by atoms with van der Waals surface area (Å²) in [5.41, 5.74) is 6.16. The summed E-state index contributed by atoms with van der Waals surface area (Å²) in [7, 11) is 0. The highest BCUT2D eigenvalue weighted by molar-refractivity contribution is 5.98. The van der Waals surface area contributed by atoms with E-state index in [1.54, 1.807) is 29.2 Å². The van der Waals surface area contributed by atoms with E-state index in [2.05, 4.69) is 10.3 Å². The quantitative estimate of drug-likeness (QED) is 0.748. The number of aromatic nitrogens is 1. The Balaban J connectivity index is 1.68. The fourth-order valence-corrected chi connectivity index (χ4v) is 2.94. The molecule has 1 atom stereocenters. The third kappa shape index (κ3) is 3.30. The molecule has 1 aromatic carbocycles. The largest absolute Gasteiger partial charge is 0.360 e. The fraction of sp³-hybridized carbons (Fsp3) is 0.353. The highest BCUT2D eigenvalue weighted by Gasteiger charge is 2.22. The molecule has 2 amide bonds. The smallest absolute Gasteiger partial charge is 0.257 e. The summed E-state index contributed by atoms with van der Waals surface area (Å²) in [6.07, 6.45) is 3.15. The van der Waals surface area contributed by atoms with Crippen LogP contribution in [0.2, 0.25) is 0 Å². The molecule has 1 aliphatic heterocycles. The molecule has 2 heterocycles. The predicted molar refractivity (Wildman–Crippen MR) is 90.7 cm³/mol. The first kappa shape index (κ1) is 16.2. The molecular formula is C17H20N4O3. The minimum absolute atomic E-state index is 0.00292. The molecule has 0 aliphatic carbocycles. The lowest BCUT2D eigenvalue weighted by Gasteiger charge is -2.30. The number of hydrogen-bond donors (Lipinski definition) is 3. The number of rotatable bonds is 3. The number of amides is 2. The van der Waals surface area contributed by atoms with E-state index in [1.165, 1.54) is 6.20 Å². The van der Waals surface area contributed by atoms with Crippen molar-refractivity contribution in [3.05, 3.63) is 46.2 Å². The summed E-state index contributed by atoms with van der Waals surface area (Å²) in [5.74, 6) is -0.743. The van der Waals surface area contributed by atoms with Gasteiger partial charge >= 0.3 is 0 Å². The second kappa shape index (κ2) is 6.84. The van der Waals surface area contributed by atoms with Crippen molar-refractivity contribution in [2.24, 2.45) is 5.73 Å². The number of H-pyrrole nitrogens is 1. The molecule has 3 rings (SSSR count). The van der Waals surface area contributed by atoms with Crippen LogP contribution in [0.3, 0.4) is 0 Å². The highest BCUT2D eigenvalue weighted by Crippen LogP contribution is 2.09. The van der Waals surface area contributed by atoms with Crippen LogP contribution in [0.15, 0.2) is 35.3 Å². The van der Waals surface area contributed by atoms with Crippen molar-refractivity contribution >= 4 is 22.7 Å². The second-order valence-corrected chi connectivity index (χ2v) is 6.00. The number of nitrogens with zero attached hydrogens (tertiary/aromatic N) is 1. The number of carbonyl (C=O) groups excluding carboxylic acids is 2. The molecule has 1 fully saturated rings. The van der Waals surface area contributed by atoms with Crippen molar-refractivity contribution in [1.29, 1.82) is 0 Å². The number of pyridine rings is 1. The van der Waals surface area contributed by atoms with Gasteiger partial charge in [-0.1, -0.05) is 12.1 Å². The number of benzene rings is 1. The molecule has 0 bridgehead atoms. The Morgan fingerprint density at radius 2 is 2.12 bits per heavy atom. The Kier molecular flexibility index (Phi) is 4.61. The number of para-hydroxylation sites is 1. The first-order valence-electron chi connectivity index (χ1n) is 7.98. The SMILES string of the molecule is NC1CCCN(C(=O)CNC(=O)c2c[nH]c3ccccc3c2=O)C1. The summed E-state index contributed by atoms with van der Waals surface area (Å²) in [4.78, 5) is 41.3. The number of fused-ring (bicyclic) bond motifs is 1. The van der Waals surface area contributed by atoms with Gasteiger partial charge < -0.3 is 20.9 Å². The normalized spacial score (nSPS) is 17.7. The monoisotopic (exact) mass is 328 g/mol. The number of nitrogens with one attached hydrogen (secondary N) is 2. The lowest BCUT2D eigenvalue weighted by molar-refractivity contribution is -0.131. The van der Waals surface area contributed by atoms with Gasteiger partial charge in [0.25, 0.3) is 5.91 Å². The third-order valence-electron chi connectivity index (χ3n) is 4.24. The van der Waals surface area contributed by atoms with Gasteiger partial charge in [0, 0.05) is 36.2 Å². The maximum absolute atomic E-state index is 12.4. The second-order valence-electron chi connectivity index (χ2n) is 6.00. The number of carbonyl (C=O) groups is 2. The van der Waals surface area contributed by atoms with Crippen molar-refractivity contribution < 1.29 is 9.59 Å². The van der Waals surface area contributed by atoms with Crippen molar-refractivity contribution in [2.45, 2.75) is 18.9 Å². The fourth-order valence-electron chi connectivity index (χ4n) is 2.94. The Labute approximate surface area is 138 Å². The predicted octanol–water partition coefficient (Wildman–Crippen LogP) is 0.208. The van der Waals surface area contributed by atoms with E-state index in [1.807, 2.05) is 0 Å². The number of hydrogen-bond acceptors (Lipinski definition) is 4. The van der Waals surface area contributed by atoms with Crippen LogP contribution < -0.4 is 16.5 Å². The zero-order valence-electron chi connectivity index (χ0n) is 13.2. The third-order valence-corrected chi connectivity index (χ3v) is 4.24. The van der Waals surface area contributed by atoms with Gasteiger partial charge in [0.1, 0.15) is 5.56 Å². The number of aromatic amines is 1. The molecule has 0 spiro atoms. The standard InChI is InChI=1S/C17H20N4O3/c18-11-4-3-7-21(10-11)15(22)9-20-17(24)13-8-19-14-6-2-1-5-12(14)16(13)23/h1-2,5-6,8,11H,3-4,7,9-10,18H2,(H,19,23)(H,20,24). The van der Waals surface area contributed by atoms with Crippen molar-refractivity contribution in [2.75, 3.05) is 19.6 Å². The zero-order chi connectivity index (χ0) is 17.1. The summed E-state index contributed by atoms with van der Waals surface area (Å²) in [5, 5.41) is 2.97. The molecule has 7 heteroatoms. The molecule has 1 aliphatic rings. The van der Waals surface area contributed by atoms with Crippen LogP contribution >= 0.6 is 0 Å². The topological polar surface area (TPSA) is 108 Å². The highest BCUT2D eigenvalue weighted by atomic mass is 16.2. The van der Waals surface area contributed by atoms with Gasteiger partial charge in [-0.25, -0.2) is 0 Å². The van der Waals surface area contributed by atoms with Crippen LogP contribution in [0, 0.1) is 0 Å². The maximum atomic E-state index is 12.4. The lowest BCUT2D eigenvalue weighted by Crippen LogP contribution is -2.49. The zero-order valence-corrected chi connectivity index (χ0v) is 13.2. The van der Waals surface area contributed by atoms with Gasteiger partial charge in [-0.15, -0.1) is 0 Å². The average Bonchev–Trinajstić information content (AvgIpc) is 2.60. The molecule has 24 heavy (non-hydrogen) atoms. The van der Waals surface area contributed by atoms with Crippen LogP contribution in [-0.4, -0.2) is 47.4 Å². The molecule has 126 valence electrons. The van der Waals surface area contributed by atoms with Crippen molar-refractivity contribution in [3.8, 4) is 0 Å². The molecule has 2 aromatic rings. The van der Waals surface area contributed by atoms with Gasteiger partial charge in [0.05, 0.1) is 6.54 Å². The van der Waals surface area contributed by atoms with Gasteiger partial charge in [-0.2, -0.15) is 0 Å². The van der Waals surface area contributed by atoms with E-state index in [0.29, 0.717) is 24.0 Å². The van der Waals surface area contributed by atoms with E-state index in [0.717, 1.165) is 12.8 Å². The van der Waals surface area contributed by atoms with Crippen molar-refractivity contribution in [3.63, 3.8) is 0 Å². The molecule has 1 aromatic heterocycles. The molecule has 7 nitrogen and oxygen atoms in total. The van der Waals surface area contributed by atoms with Gasteiger partial charge in [-0.3, -0.25) is 14.4 Å². The summed E-state index contributed by atoms with van der Waals surface area (Å²) in [6.45, 7) is 1.02. The lowest BCUT2D eigenvalue weighted by atomic mass is 10.1.